The number of nitrogens with zero attached hydrogens (tertiary/aromatic N) is 2. The first-order valence-corrected chi connectivity index (χ1v) is 11.1. The zero-order valence-electron chi connectivity index (χ0n) is 16.3. The predicted molar refractivity (Wildman–Crippen MR) is 119 cm³/mol. The highest BCUT2D eigenvalue weighted by Gasteiger charge is 2.20. The molecule has 3 aromatic rings. The first kappa shape index (κ1) is 21.2. The summed E-state index contributed by atoms with van der Waals surface area (Å²) in [7, 11) is 0. The van der Waals surface area contributed by atoms with Gasteiger partial charge in [-0.1, -0.05) is 48.3 Å². The number of benzene rings is 2. The molecule has 152 valence electrons. The van der Waals surface area contributed by atoms with Crippen LogP contribution < -0.4 is 14.4 Å². The molecule has 3 rings (SSSR count). The first-order valence-electron chi connectivity index (χ1n) is 9.08. The van der Waals surface area contributed by atoms with Crippen LogP contribution in [0.25, 0.3) is 0 Å². The van der Waals surface area contributed by atoms with Crippen molar-refractivity contribution < 1.29 is 14.6 Å². The maximum Gasteiger partial charge on any atom is 0.280 e. The van der Waals surface area contributed by atoms with Crippen LogP contribution in [0.5, 0.6) is 5.75 Å². The van der Waals surface area contributed by atoms with E-state index in [-0.39, 0.29) is 19.1 Å². The molecule has 0 saturated heterocycles. The van der Waals surface area contributed by atoms with Crippen LogP contribution >= 0.6 is 23.3 Å². The molecule has 1 heterocycles. The molecule has 0 fully saturated rings. The number of rotatable bonds is 9. The van der Waals surface area contributed by atoms with E-state index in [0.717, 1.165) is 21.3 Å². The van der Waals surface area contributed by atoms with Gasteiger partial charge in [-0.3, -0.25) is 9.52 Å². The molecule has 0 aliphatic rings. The fourth-order valence-electron chi connectivity index (χ4n) is 2.79. The molecule has 0 radical (unpaired) electrons. The molecule has 0 spiro atoms. The zero-order chi connectivity index (χ0) is 20.6. The Hall–Kier alpha value is -2.55. The quantitative estimate of drug-likeness (QED) is 0.498. The van der Waals surface area contributed by atoms with Crippen LogP contribution in [0.3, 0.4) is 0 Å². The van der Waals surface area contributed by atoms with Gasteiger partial charge >= 0.3 is 0 Å². The number of anilines is 2. The number of thiazole rings is 1. The van der Waals surface area contributed by atoms with Gasteiger partial charge in [-0.2, -0.15) is 0 Å². The number of carbonyl (C=O) groups is 1. The molecular formula is C21H23N3O3S2. The van der Waals surface area contributed by atoms with Gasteiger partial charge in [0.25, 0.3) is 5.91 Å². The van der Waals surface area contributed by atoms with Crippen molar-refractivity contribution in [2.75, 3.05) is 24.4 Å². The molecule has 0 saturated carbocycles. The zero-order valence-corrected chi connectivity index (χ0v) is 17.9. The maximum absolute atomic E-state index is 12.3. The summed E-state index contributed by atoms with van der Waals surface area (Å²) in [5, 5.41) is 9.76. The minimum atomic E-state index is -0.197. The molecule has 2 aromatic carbocycles. The second kappa shape index (κ2) is 10.3. The lowest BCUT2D eigenvalue weighted by Crippen LogP contribution is -2.19. The van der Waals surface area contributed by atoms with Crippen molar-refractivity contribution in [2.45, 2.75) is 13.5 Å². The average molecular weight is 430 g/mol. The van der Waals surface area contributed by atoms with Crippen molar-refractivity contribution in [3.63, 3.8) is 0 Å². The fourth-order valence-corrected chi connectivity index (χ4v) is 4.00. The van der Waals surface area contributed by atoms with Crippen molar-refractivity contribution in [3.8, 4) is 5.75 Å². The highest BCUT2D eigenvalue weighted by atomic mass is 32.2. The van der Waals surface area contributed by atoms with Gasteiger partial charge in [-0.05, 0) is 24.6 Å². The van der Waals surface area contributed by atoms with Crippen molar-refractivity contribution in [3.05, 3.63) is 70.7 Å². The summed E-state index contributed by atoms with van der Waals surface area (Å²) in [4.78, 5) is 19.9. The smallest absolute Gasteiger partial charge is 0.280 e. The van der Waals surface area contributed by atoms with E-state index in [0.29, 0.717) is 18.0 Å². The summed E-state index contributed by atoms with van der Waals surface area (Å²) < 4.78 is 8.31. The Morgan fingerprint density at radius 2 is 2.03 bits per heavy atom. The van der Waals surface area contributed by atoms with E-state index in [1.165, 1.54) is 23.3 Å². The topological polar surface area (TPSA) is 74.7 Å². The summed E-state index contributed by atoms with van der Waals surface area (Å²) in [5.41, 5.74) is 2.46. The van der Waals surface area contributed by atoms with Crippen molar-refractivity contribution in [1.29, 1.82) is 0 Å². The van der Waals surface area contributed by atoms with E-state index in [2.05, 4.69) is 26.7 Å². The minimum Gasteiger partial charge on any atom is -0.491 e. The predicted octanol–water partition coefficient (Wildman–Crippen LogP) is 4.17. The Bertz CT molecular complexity index is 947. The molecule has 1 aromatic heterocycles. The molecule has 29 heavy (non-hydrogen) atoms. The molecular weight excluding hydrogens is 406 g/mol. The van der Waals surface area contributed by atoms with Crippen molar-refractivity contribution in [1.82, 2.24) is 9.71 Å². The second-order valence-corrected chi connectivity index (χ2v) is 7.97. The summed E-state index contributed by atoms with van der Waals surface area (Å²) in [5.74, 6) is 0.473. The number of nitrogens with one attached hydrogen (secondary N) is 1. The van der Waals surface area contributed by atoms with Gasteiger partial charge < -0.3 is 14.7 Å². The van der Waals surface area contributed by atoms with E-state index in [4.69, 9.17) is 9.84 Å². The Kier molecular flexibility index (Phi) is 7.51. The van der Waals surface area contributed by atoms with Crippen LogP contribution in [0.4, 0.5) is 10.8 Å². The average Bonchev–Trinajstić information content (AvgIpc) is 3.13. The normalized spacial score (nSPS) is 10.6. The van der Waals surface area contributed by atoms with Gasteiger partial charge in [0.05, 0.1) is 13.2 Å². The standard InChI is InChI=1S/C21H23N3O3S2/c1-15-19(20(26)23-28-2)22-21(29-15)24(14-16-7-4-3-5-8-16)17-9-6-10-18(13-17)27-12-11-25/h3-10,13,25H,11-12,14H2,1-2H3,(H,23,26). The summed E-state index contributed by atoms with van der Waals surface area (Å²) in [6.07, 6.45) is 1.81. The lowest BCUT2D eigenvalue weighted by molar-refractivity contribution is 0.0980. The number of aliphatic hydroxyl groups is 1. The molecule has 0 unspecified atom stereocenters. The third-order valence-electron chi connectivity index (χ3n) is 4.10. The fraction of sp³-hybridized carbons (Fsp3) is 0.238. The van der Waals surface area contributed by atoms with Gasteiger partial charge in [-0.15, -0.1) is 11.3 Å². The summed E-state index contributed by atoms with van der Waals surface area (Å²) in [6.45, 7) is 2.69. The second-order valence-electron chi connectivity index (χ2n) is 6.18. The van der Waals surface area contributed by atoms with Crippen molar-refractivity contribution in [2.24, 2.45) is 0 Å². The molecule has 8 heteroatoms. The number of aliphatic hydroxyl groups excluding tert-OH is 1. The third kappa shape index (κ3) is 5.50. The van der Waals surface area contributed by atoms with Crippen LogP contribution in [0.2, 0.25) is 0 Å². The van der Waals surface area contributed by atoms with Crippen LogP contribution in [0.15, 0.2) is 54.6 Å². The SMILES string of the molecule is CSNC(=O)c1nc(N(Cc2ccccc2)c2cccc(OCCO)c2)sc1C. The number of hydrogen-bond donors (Lipinski definition) is 2. The molecule has 0 bridgehead atoms. The molecule has 0 aliphatic heterocycles. The number of aromatic nitrogens is 1. The first-order chi connectivity index (χ1) is 14.1. The monoisotopic (exact) mass is 429 g/mol. The number of carbonyl (C=O) groups excluding carboxylic acids is 1. The third-order valence-corrected chi connectivity index (χ3v) is 5.48. The van der Waals surface area contributed by atoms with E-state index in [1.807, 2.05) is 49.4 Å². The molecule has 6 nitrogen and oxygen atoms in total. The van der Waals surface area contributed by atoms with E-state index in [1.54, 1.807) is 6.26 Å². The molecule has 2 N–H and O–H groups in total. The van der Waals surface area contributed by atoms with E-state index >= 15 is 0 Å². The molecule has 0 atom stereocenters. The Morgan fingerprint density at radius 3 is 2.76 bits per heavy atom. The summed E-state index contributed by atoms with van der Waals surface area (Å²) >= 11 is 2.73. The Balaban J connectivity index is 1.98. The van der Waals surface area contributed by atoms with Gasteiger partial charge in [-0.25, -0.2) is 4.98 Å². The van der Waals surface area contributed by atoms with Crippen LogP contribution in [0.1, 0.15) is 20.9 Å². The lowest BCUT2D eigenvalue weighted by Gasteiger charge is -2.23. The Morgan fingerprint density at radius 1 is 1.24 bits per heavy atom. The highest BCUT2D eigenvalue weighted by Crippen LogP contribution is 2.34. The summed E-state index contributed by atoms with van der Waals surface area (Å²) in [6, 6.07) is 17.7. The van der Waals surface area contributed by atoms with E-state index < -0.39 is 0 Å². The number of hydrogen-bond acceptors (Lipinski definition) is 7. The molecule has 1 amide bonds. The minimum absolute atomic E-state index is 0.0441. The highest BCUT2D eigenvalue weighted by molar-refractivity contribution is 7.97. The van der Waals surface area contributed by atoms with E-state index in [9.17, 15) is 4.79 Å². The number of aryl methyl sites for hydroxylation is 1. The van der Waals surface area contributed by atoms with Crippen LogP contribution in [0, 0.1) is 6.92 Å². The molecule has 0 aliphatic carbocycles. The number of amides is 1. The van der Waals surface area contributed by atoms with Gasteiger partial charge in [0.1, 0.15) is 18.1 Å². The van der Waals surface area contributed by atoms with Gasteiger partial charge in [0, 0.05) is 22.9 Å². The maximum atomic E-state index is 12.3. The van der Waals surface area contributed by atoms with Crippen molar-refractivity contribution >= 4 is 40.0 Å². The number of ether oxygens (including phenoxy) is 1. The Labute approximate surface area is 178 Å². The largest absolute Gasteiger partial charge is 0.491 e. The van der Waals surface area contributed by atoms with Crippen LogP contribution in [-0.2, 0) is 6.54 Å². The lowest BCUT2D eigenvalue weighted by atomic mass is 10.2. The van der Waals surface area contributed by atoms with Gasteiger partial charge in [0.15, 0.2) is 5.13 Å². The van der Waals surface area contributed by atoms with Crippen LogP contribution in [-0.4, -0.2) is 35.5 Å². The van der Waals surface area contributed by atoms with Gasteiger partial charge in [0.2, 0.25) is 0 Å².